The Hall–Kier alpha value is -3.22. The fourth-order valence-corrected chi connectivity index (χ4v) is 3.53. The van der Waals surface area contributed by atoms with Gasteiger partial charge in [0.2, 0.25) is 17.7 Å². The highest BCUT2D eigenvalue weighted by Crippen LogP contribution is 2.20. The number of nitrogens with zero attached hydrogens (tertiary/aromatic N) is 1. The molecule has 1 aliphatic rings. The number of nitrogens with one attached hydrogen (secondary N) is 1. The first kappa shape index (κ1) is 20.5. The number of likely N-dealkylation sites (tertiary alicyclic amines) is 1. The number of piperidine rings is 1. The number of primary amides is 1. The molecular formula is C22H24FN3O3. The number of amides is 3. The van der Waals surface area contributed by atoms with Gasteiger partial charge in [-0.2, -0.15) is 0 Å². The van der Waals surface area contributed by atoms with Gasteiger partial charge >= 0.3 is 0 Å². The highest BCUT2D eigenvalue weighted by Gasteiger charge is 2.31. The minimum atomic E-state index is -0.908. The Labute approximate surface area is 168 Å². The lowest BCUT2D eigenvalue weighted by Gasteiger charge is -2.33. The van der Waals surface area contributed by atoms with Crippen LogP contribution in [0.25, 0.3) is 0 Å². The zero-order valence-electron chi connectivity index (χ0n) is 16.0. The molecule has 0 bridgehead atoms. The van der Waals surface area contributed by atoms with Crippen molar-refractivity contribution in [1.82, 2.24) is 10.2 Å². The first-order valence-electron chi connectivity index (χ1n) is 9.61. The second kappa shape index (κ2) is 9.32. The van der Waals surface area contributed by atoms with Gasteiger partial charge in [-0.3, -0.25) is 14.4 Å². The van der Waals surface area contributed by atoms with Crippen LogP contribution in [0.2, 0.25) is 0 Å². The third-order valence-corrected chi connectivity index (χ3v) is 5.12. The normalized spacial score (nSPS) is 17.4. The number of nitrogens with two attached hydrogens (primary N) is 1. The van der Waals surface area contributed by atoms with Crippen LogP contribution in [0.4, 0.5) is 4.39 Å². The number of hydrogen-bond acceptors (Lipinski definition) is 3. The zero-order chi connectivity index (χ0) is 20.8. The molecule has 6 nitrogen and oxygen atoms in total. The van der Waals surface area contributed by atoms with Crippen LogP contribution in [0.5, 0.6) is 0 Å². The van der Waals surface area contributed by atoms with Gasteiger partial charge in [0.25, 0.3) is 0 Å². The van der Waals surface area contributed by atoms with Gasteiger partial charge in [-0.1, -0.05) is 42.5 Å². The molecule has 1 saturated heterocycles. The fraction of sp³-hybridized carbons (Fsp3) is 0.318. The summed E-state index contributed by atoms with van der Waals surface area (Å²) in [5.74, 6) is -1.80. The molecule has 7 heteroatoms. The van der Waals surface area contributed by atoms with Gasteiger partial charge in [-0.25, -0.2) is 4.39 Å². The lowest BCUT2D eigenvalue weighted by molar-refractivity contribution is -0.136. The molecule has 2 aromatic rings. The Bertz CT molecular complexity index is 871. The van der Waals surface area contributed by atoms with Gasteiger partial charge in [0, 0.05) is 13.1 Å². The molecule has 1 heterocycles. The summed E-state index contributed by atoms with van der Waals surface area (Å²) in [5.41, 5.74) is 6.82. The number of benzene rings is 2. The third-order valence-electron chi connectivity index (χ3n) is 5.12. The Balaban J connectivity index is 1.61. The van der Waals surface area contributed by atoms with Crippen LogP contribution in [0, 0.1) is 11.7 Å². The molecule has 3 amide bonds. The zero-order valence-corrected chi connectivity index (χ0v) is 16.0. The first-order valence-corrected chi connectivity index (χ1v) is 9.61. The van der Waals surface area contributed by atoms with E-state index in [9.17, 15) is 18.8 Å². The Morgan fingerprint density at radius 3 is 2.45 bits per heavy atom. The summed E-state index contributed by atoms with van der Waals surface area (Å²) in [4.78, 5) is 38.8. The molecule has 0 spiro atoms. The minimum absolute atomic E-state index is 0.108. The number of halogens is 1. The summed E-state index contributed by atoms with van der Waals surface area (Å²) >= 11 is 0. The smallest absolute Gasteiger partial charge is 0.244 e. The molecule has 29 heavy (non-hydrogen) atoms. The molecule has 3 N–H and O–H groups in total. The van der Waals surface area contributed by atoms with Crippen molar-refractivity contribution in [2.24, 2.45) is 11.7 Å². The van der Waals surface area contributed by atoms with Gasteiger partial charge in [0.15, 0.2) is 0 Å². The van der Waals surface area contributed by atoms with Crippen LogP contribution in [-0.2, 0) is 20.8 Å². The predicted molar refractivity (Wildman–Crippen MR) is 106 cm³/mol. The van der Waals surface area contributed by atoms with E-state index >= 15 is 0 Å². The molecule has 1 fully saturated rings. The number of carbonyl (C=O) groups excluding carboxylic acids is 3. The van der Waals surface area contributed by atoms with E-state index in [-0.39, 0.29) is 30.6 Å². The van der Waals surface area contributed by atoms with Crippen molar-refractivity contribution in [3.05, 3.63) is 71.5 Å². The first-order chi connectivity index (χ1) is 13.9. The highest BCUT2D eigenvalue weighted by atomic mass is 19.1. The Morgan fingerprint density at radius 1 is 1.10 bits per heavy atom. The summed E-state index contributed by atoms with van der Waals surface area (Å²) in [6.07, 6.45) is 1.48. The number of carbonyl (C=O) groups is 3. The predicted octanol–water partition coefficient (Wildman–Crippen LogP) is 1.95. The molecule has 152 valence electrons. The standard InChI is InChI=1S/C22H24FN3O3/c23-18-10-8-15(9-11-18)13-19(27)26-12-4-7-17(14-26)22(29)25-20(21(24)28)16-5-2-1-3-6-16/h1-3,5-6,8-11,17,20H,4,7,12-14H2,(H2,24,28)(H,25,29). The fourth-order valence-electron chi connectivity index (χ4n) is 3.53. The van der Waals surface area contributed by atoms with Crippen LogP contribution in [0.1, 0.15) is 30.0 Å². The van der Waals surface area contributed by atoms with Crippen LogP contribution in [0.15, 0.2) is 54.6 Å². The summed E-state index contributed by atoms with van der Waals surface area (Å²) in [6.45, 7) is 0.855. The average Bonchev–Trinajstić information content (AvgIpc) is 2.74. The van der Waals surface area contributed by atoms with E-state index in [2.05, 4.69) is 5.32 Å². The van der Waals surface area contributed by atoms with Crippen molar-refractivity contribution in [2.75, 3.05) is 13.1 Å². The summed E-state index contributed by atoms with van der Waals surface area (Å²) < 4.78 is 13.0. The second-order valence-electron chi connectivity index (χ2n) is 7.24. The topological polar surface area (TPSA) is 92.5 Å². The van der Waals surface area contributed by atoms with E-state index in [1.165, 1.54) is 12.1 Å². The molecule has 3 rings (SSSR count). The van der Waals surface area contributed by atoms with Crippen LogP contribution >= 0.6 is 0 Å². The van der Waals surface area contributed by atoms with Crippen molar-refractivity contribution in [2.45, 2.75) is 25.3 Å². The lowest BCUT2D eigenvalue weighted by Crippen LogP contribution is -2.48. The average molecular weight is 397 g/mol. The number of rotatable bonds is 6. The lowest BCUT2D eigenvalue weighted by atomic mass is 9.95. The highest BCUT2D eigenvalue weighted by molar-refractivity contribution is 5.89. The van der Waals surface area contributed by atoms with E-state index in [0.29, 0.717) is 24.9 Å². The van der Waals surface area contributed by atoms with E-state index in [0.717, 1.165) is 5.56 Å². The molecule has 0 aliphatic carbocycles. The monoisotopic (exact) mass is 397 g/mol. The van der Waals surface area contributed by atoms with E-state index in [1.54, 1.807) is 41.3 Å². The maximum absolute atomic E-state index is 13.0. The van der Waals surface area contributed by atoms with E-state index < -0.39 is 17.9 Å². The van der Waals surface area contributed by atoms with E-state index in [4.69, 9.17) is 5.73 Å². The maximum atomic E-state index is 13.0. The van der Waals surface area contributed by atoms with Crippen molar-refractivity contribution in [1.29, 1.82) is 0 Å². The molecule has 2 unspecified atom stereocenters. The second-order valence-corrected chi connectivity index (χ2v) is 7.24. The van der Waals surface area contributed by atoms with Crippen molar-refractivity contribution < 1.29 is 18.8 Å². The van der Waals surface area contributed by atoms with Gasteiger partial charge in [-0.05, 0) is 36.1 Å². The summed E-state index contributed by atoms with van der Waals surface area (Å²) in [5, 5.41) is 2.72. The molecule has 1 aliphatic heterocycles. The largest absolute Gasteiger partial charge is 0.368 e. The van der Waals surface area contributed by atoms with Gasteiger partial charge < -0.3 is 16.0 Å². The maximum Gasteiger partial charge on any atom is 0.244 e. The number of hydrogen-bond donors (Lipinski definition) is 2. The van der Waals surface area contributed by atoms with Gasteiger partial charge in [0.05, 0.1) is 12.3 Å². The van der Waals surface area contributed by atoms with Gasteiger partial charge in [0.1, 0.15) is 11.9 Å². The Kier molecular flexibility index (Phi) is 6.59. The van der Waals surface area contributed by atoms with Gasteiger partial charge in [-0.15, -0.1) is 0 Å². The molecule has 0 aromatic heterocycles. The summed E-state index contributed by atoms with van der Waals surface area (Å²) in [7, 11) is 0. The summed E-state index contributed by atoms with van der Waals surface area (Å²) in [6, 6.07) is 13.7. The van der Waals surface area contributed by atoms with Crippen LogP contribution in [-0.4, -0.2) is 35.7 Å². The van der Waals surface area contributed by atoms with Crippen LogP contribution in [0.3, 0.4) is 0 Å². The minimum Gasteiger partial charge on any atom is -0.368 e. The third kappa shape index (κ3) is 5.40. The van der Waals surface area contributed by atoms with Crippen molar-refractivity contribution >= 4 is 17.7 Å². The van der Waals surface area contributed by atoms with Crippen molar-refractivity contribution in [3.8, 4) is 0 Å². The van der Waals surface area contributed by atoms with Crippen molar-refractivity contribution in [3.63, 3.8) is 0 Å². The molecule has 2 atom stereocenters. The van der Waals surface area contributed by atoms with Crippen LogP contribution < -0.4 is 11.1 Å². The molecule has 0 saturated carbocycles. The molecule has 2 aromatic carbocycles. The SMILES string of the molecule is NC(=O)C(NC(=O)C1CCCN(C(=O)Cc2ccc(F)cc2)C1)c1ccccc1. The van der Waals surface area contributed by atoms with E-state index in [1.807, 2.05) is 6.07 Å². The quantitative estimate of drug-likeness (QED) is 0.780. The Morgan fingerprint density at radius 2 is 1.79 bits per heavy atom. The molecular weight excluding hydrogens is 373 g/mol. The molecule has 0 radical (unpaired) electrons.